The summed E-state index contributed by atoms with van der Waals surface area (Å²) in [6.45, 7) is 1.82. The number of aliphatic carboxylic acids is 1. The van der Waals surface area contributed by atoms with Crippen molar-refractivity contribution in [2.24, 2.45) is 5.92 Å². The highest BCUT2D eigenvalue weighted by Gasteiger charge is 2.37. The van der Waals surface area contributed by atoms with Crippen LogP contribution < -0.4 is 4.72 Å². The summed E-state index contributed by atoms with van der Waals surface area (Å²) in [4.78, 5) is 10.7. The summed E-state index contributed by atoms with van der Waals surface area (Å²) in [5, 5.41) is 8.91. The van der Waals surface area contributed by atoms with Gasteiger partial charge in [0.1, 0.15) is 4.90 Å². The van der Waals surface area contributed by atoms with E-state index in [-0.39, 0.29) is 16.0 Å². The summed E-state index contributed by atoms with van der Waals surface area (Å²) in [5.74, 6) is -1.34. The van der Waals surface area contributed by atoms with Gasteiger partial charge in [-0.1, -0.05) is 17.7 Å². The summed E-state index contributed by atoms with van der Waals surface area (Å²) in [7, 11) is -3.69. The van der Waals surface area contributed by atoms with E-state index in [0.717, 1.165) is 5.56 Å². The lowest BCUT2D eigenvalue weighted by molar-refractivity contribution is -0.145. The van der Waals surface area contributed by atoms with Crippen molar-refractivity contribution >= 4 is 27.6 Å². The molecule has 0 aliphatic heterocycles. The van der Waals surface area contributed by atoms with Crippen molar-refractivity contribution in [1.82, 2.24) is 4.72 Å². The van der Waals surface area contributed by atoms with E-state index in [1.54, 1.807) is 12.1 Å². The largest absolute Gasteiger partial charge is 0.481 e. The van der Waals surface area contributed by atoms with Crippen LogP contribution in [0.2, 0.25) is 5.02 Å². The maximum absolute atomic E-state index is 12.1. The van der Waals surface area contributed by atoms with Crippen LogP contribution in [0, 0.1) is 12.8 Å². The fourth-order valence-corrected chi connectivity index (χ4v) is 3.88. The van der Waals surface area contributed by atoms with Gasteiger partial charge in [-0.25, -0.2) is 13.1 Å². The van der Waals surface area contributed by atoms with Gasteiger partial charge in [0.15, 0.2) is 0 Å². The first-order valence-electron chi connectivity index (χ1n) is 5.81. The number of hydrogen-bond acceptors (Lipinski definition) is 3. The second-order valence-corrected chi connectivity index (χ2v) is 6.85. The molecule has 19 heavy (non-hydrogen) atoms. The van der Waals surface area contributed by atoms with Crippen molar-refractivity contribution in [3.05, 3.63) is 28.8 Å². The van der Waals surface area contributed by atoms with Crippen LogP contribution in [0.5, 0.6) is 0 Å². The Labute approximate surface area is 116 Å². The van der Waals surface area contributed by atoms with Gasteiger partial charge >= 0.3 is 5.97 Å². The van der Waals surface area contributed by atoms with Crippen LogP contribution in [0.25, 0.3) is 0 Å². The zero-order chi connectivity index (χ0) is 14.2. The van der Waals surface area contributed by atoms with Gasteiger partial charge in [0, 0.05) is 6.04 Å². The number of carboxylic acid groups (broad SMARTS) is 1. The third-order valence-corrected chi connectivity index (χ3v) is 5.19. The third-order valence-electron chi connectivity index (χ3n) is 3.19. The van der Waals surface area contributed by atoms with Gasteiger partial charge in [-0.3, -0.25) is 4.79 Å². The zero-order valence-electron chi connectivity index (χ0n) is 10.3. The van der Waals surface area contributed by atoms with Gasteiger partial charge < -0.3 is 5.11 Å². The molecule has 1 aliphatic rings. The molecule has 0 amide bonds. The number of aryl methyl sites for hydroxylation is 1. The van der Waals surface area contributed by atoms with E-state index in [1.807, 2.05) is 6.92 Å². The molecular weight excluding hydrogens is 290 g/mol. The van der Waals surface area contributed by atoms with E-state index in [0.29, 0.717) is 12.8 Å². The average molecular weight is 304 g/mol. The van der Waals surface area contributed by atoms with Crippen LogP contribution in [0.4, 0.5) is 0 Å². The molecule has 2 rings (SSSR count). The van der Waals surface area contributed by atoms with Crippen LogP contribution >= 0.6 is 11.6 Å². The topological polar surface area (TPSA) is 83.5 Å². The second kappa shape index (κ2) is 5.11. The fourth-order valence-electron chi connectivity index (χ4n) is 2.02. The Morgan fingerprint density at radius 3 is 2.58 bits per heavy atom. The molecule has 1 fully saturated rings. The summed E-state index contributed by atoms with van der Waals surface area (Å²) >= 11 is 5.92. The molecule has 2 N–H and O–H groups in total. The second-order valence-electron chi connectivity index (χ2n) is 4.76. The molecule has 1 aliphatic carbocycles. The van der Waals surface area contributed by atoms with Crippen LogP contribution in [0.1, 0.15) is 18.4 Å². The Morgan fingerprint density at radius 2 is 2.05 bits per heavy atom. The molecule has 0 radical (unpaired) electrons. The highest BCUT2D eigenvalue weighted by Crippen LogP contribution is 2.30. The Balaban J connectivity index is 2.09. The monoisotopic (exact) mass is 303 g/mol. The van der Waals surface area contributed by atoms with Crippen molar-refractivity contribution in [3.63, 3.8) is 0 Å². The molecule has 0 bridgehead atoms. The molecule has 1 saturated carbocycles. The van der Waals surface area contributed by atoms with Gasteiger partial charge in [0.25, 0.3) is 0 Å². The lowest BCUT2D eigenvalue weighted by Crippen LogP contribution is -2.46. The van der Waals surface area contributed by atoms with Crippen LogP contribution in [0.3, 0.4) is 0 Å². The number of sulfonamides is 1. The van der Waals surface area contributed by atoms with Gasteiger partial charge in [0.2, 0.25) is 10.0 Å². The summed E-state index contributed by atoms with van der Waals surface area (Å²) < 4.78 is 26.7. The molecule has 104 valence electrons. The van der Waals surface area contributed by atoms with E-state index in [9.17, 15) is 13.2 Å². The van der Waals surface area contributed by atoms with Crippen LogP contribution in [-0.2, 0) is 14.8 Å². The first-order chi connectivity index (χ1) is 8.79. The van der Waals surface area contributed by atoms with Crippen LogP contribution in [-0.4, -0.2) is 25.5 Å². The van der Waals surface area contributed by atoms with Crippen molar-refractivity contribution in [2.75, 3.05) is 0 Å². The molecule has 1 aromatic rings. The summed E-state index contributed by atoms with van der Waals surface area (Å²) in [6, 6.07) is 4.37. The average Bonchev–Trinajstić information content (AvgIpc) is 2.21. The molecule has 0 aromatic heterocycles. The third kappa shape index (κ3) is 3.08. The molecule has 0 unspecified atom stereocenters. The predicted octanol–water partition coefficient (Wildman–Crippen LogP) is 1.79. The molecule has 0 saturated heterocycles. The Morgan fingerprint density at radius 1 is 1.42 bits per heavy atom. The quantitative estimate of drug-likeness (QED) is 0.888. The van der Waals surface area contributed by atoms with Gasteiger partial charge in [0.05, 0.1) is 10.9 Å². The van der Waals surface area contributed by atoms with E-state index in [4.69, 9.17) is 16.7 Å². The fraction of sp³-hybridized carbons (Fsp3) is 0.417. The summed E-state index contributed by atoms with van der Waals surface area (Å²) in [6.07, 6.45) is 0.635. The van der Waals surface area contributed by atoms with E-state index in [1.165, 1.54) is 6.07 Å². The smallest absolute Gasteiger partial charge is 0.306 e. The van der Waals surface area contributed by atoms with E-state index >= 15 is 0 Å². The standard InChI is InChI=1S/C12H14ClNO4S/c1-7-2-3-11(10(13)4-7)19(17,18)14-9-5-8(6-9)12(15)16/h2-4,8-9,14H,5-6H2,1H3,(H,15,16). The number of benzene rings is 1. The van der Waals surface area contributed by atoms with Gasteiger partial charge in [-0.05, 0) is 37.5 Å². The number of carboxylic acids is 1. The molecule has 0 atom stereocenters. The highest BCUT2D eigenvalue weighted by atomic mass is 35.5. The van der Waals surface area contributed by atoms with E-state index in [2.05, 4.69) is 4.72 Å². The summed E-state index contributed by atoms with van der Waals surface area (Å²) in [5.41, 5.74) is 0.874. The minimum atomic E-state index is -3.69. The normalized spacial score (nSPS) is 22.8. The molecule has 7 heteroatoms. The van der Waals surface area contributed by atoms with Crippen molar-refractivity contribution in [3.8, 4) is 0 Å². The van der Waals surface area contributed by atoms with Crippen molar-refractivity contribution in [2.45, 2.75) is 30.7 Å². The minimum Gasteiger partial charge on any atom is -0.481 e. The Hall–Kier alpha value is -1.11. The minimum absolute atomic E-state index is 0.0264. The molecule has 0 spiro atoms. The first-order valence-corrected chi connectivity index (χ1v) is 7.67. The molecular formula is C12H14ClNO4S. The highest BCUT2D eigenvalue weighted by molar-refractivity contribution is 7.89. The maximum atomic E-state index is 12.1. The number of rotatable bonds is 4. The van der Waals surface area contributed by atoms with Gasteiger partial charge in [-0.2, -0.15) is 0 Å². The first kappa shape index (κ1) is 14.3. The van der Waals surface area contributed by atoms with E-state index < -0.39 is 21.9 Å². The SMILES string of the molecule is Cc1ccc(S(=O)(=O)NC2CC(C(=O)O)C2)c(Cl)c1. The molecule has 5 nitrogen and oxygen atoms in total. The number of nitrogens with one attached hydrogen (secondary N) is 1. The van der Waals surface area contributed by atoms with Gasteiger partial charge in [-0.15, -0.1) is 0 Å². The predicted molar refractivity (Wildman–Crippen MR) is 70.7 cm³/mol. The lowest BCUT2D eigenvalue weighted by Gasteiger charge is -2.32. The molecule has 0 heterocycles. The Kier molecular flexibility index (Phi) is 3.85. The maximum Gasteiger partial charge on any atom is 0.306 e. The lowest BCUT2D eigenvalue weighted by atomic mass is 9.81. The number of carbonyl (C=O) groups is 1. The Bertz CT molecular complexity index is 608. The van der Waals surface area contributed by atoms with Crippen LogP contribution in [0.15, 0.2) is 23.1 Å². The number of halogens is 1. The number of hydrogen-bond donors (Lipinski definition) is 2. The molecule has 1 aromatic carbocycles. The van der Waals surface area contributed by atoms with Crippen molar-refractivity contribution in [1.29, 1.82) is 0 Å². The van der Waals surface area contributed by atoms with Crippen molar-refractivity contribution < 1.29 is 18.3 Å². The zero-order valence-corrected chi connectivity index (χ0v) is 11.8.